The number of carbonyl (C=O) groups excluding carboxylic acids is 1. The van der Waals surface area contributed by atoms with Crippen LogP contribution in [0.2, 0.25) is 0 Å². The standard InChI is InChI=1S/C11H19NO4/c1-2-3-9(13)12-11(8-10(14)15)4-6-16-7-5-11/h2-8H2,1H3,(H,12,13)(H,14,15). The first-order valence-electron chi connectivity index (χ1n) is 5.68. The number of nitrogens with one attached hydrogen (secondary N) is 1. The zero-order valence-corrected chi connectivity index (χ0v) is 9.62. The minimum Gasteiger partial charge on any atom is -0.481 e. The van der Waals surface area contributed by atoms with E-state index in [-0.39, 0.29) is 12.3 Å². The molecule has 0 aromatic heterocycles. The van der Waals surface area contributed by atoms with Crippen LogP contribution >= 0.6 is 0 Å². The fourth-order valence-corrected chi connectivity index (χ4v) is 1.98. The van der Waals surface area contributed by atoms with Crippen LogP contribution < -0.4 is 5.32 Å². The molecule has 1 amide bonds. The highest BCUT2D eigenvalue weighted by Gasteiger charge is 2.36. The fourth-order valence-electron chi connectivity index (χ4n) is 1.98. The van der Waals surface area contributed by atoms with E-state index in [4.69, 9.17) is 9.84 Å². The van der Waals surface area contributed by atoms with Gasteiger partial charge in [0, 0.05) is 19.6 Å². The molecule has 92 valence electrons. The number of rotatable bonds is 5. The minimum absolute atomic E-state index is 0.0220. The van der Waals surface area contributed by atoms with Gasteiger partial charge in [-0.25, -0.2) is 0 Å². The summed E-state index contributed by atoms with van der Waals surface area (Å²) < 4.78 is 5.20. The van der Waals surface area contributed by atoms with E-state index in [2.05, 4.69) is 5.32 Å². The van der Waals surface area contributed by atoms with Crippen LogP contribution in [0.5, 0.6) is 0 Å². The summed E-state index contributed by atoms with van der Waals surface area (Å²) in [6, 6.07) is 0. The summed E-state index contributed by atoms with van der Waals surface area (Å²) in [4.78, 5) is 22.4. The molecule has 0 spiro atoms. The van der Waals surface area contributed by atoms with Crippen molar-refractivity contribution in [3.8, 4) is 0 Å². The summed E-state index contributed by atoms with van der Waals surface area (Å²) >= 11 is 0. The van der Waals surface area contributed by atoms with Crippen LogP contribution in [0.4, 0.5) is 0 Å². The molecule has 0 aromatic carbocycles. The van der Waals surface area contributed by atoms with E-state index >= 15 is 0 Å². The molecular formula is C11H19NO4. The van der Waals surface area contributed by atoms with Gasteiger partial charge < -0.3 is 15.2 Å². The number of carboxylic acid groups (broad SMARTS) is 1. The number of aliphatic carboxylic acids is 1. The van der Waals surface area contributed by atoms with Gasteiger partial charge in [0.05, 0.1) is 12.0 Å². The zero-order chi connectivity index (χ0) is 12.0. The minimum atomic E-state index is -0.876. The van der Waals surface area contributed by atoms with Crippen molar-refractivity contribution in [1.29, 1.82) is 0 Å². The summed E-state index contributed by atoms with van der Waals surface area (Å²) in [5.41, 5.74) is -0.601. The molecule has 1 saturated heterocycles. The van der Waals surface area contributed by atoms with E-state index in [0.29, 0.717) is 32.5 Å². The molecular weight excluding hydrogens is 210 g/mol. The summed E-state index contributed by atoms with van der Waals surface area (Å²) in [5, 5.41) is 11.7. The number of carboxylic acids is 1. The summed E-state index contributed by atoms with van der Waals surface area (Å²) in [7, 11) is 0. The lowest BCUT2D eigenvalue weighted by Gasteiger charge is -2.36. The maximum Gasteiger partial charge on any atom is 0.305 e. The lowest BCUT2D eigenvalue weighted by molar-refractivity contribution is -0.140. The van der Waals surface area contributed by atoms with Gasteiger partial charge in [-0.2, -0.15) is 0 Å². The Kier molecular flexibility index (Phi) is 4.73. The lowest BCUT2D eigenvalue weighted by atomic mass is 9.86. The van der Waals surface area contributed by atoms with E-state index in [1.165, 1.54) is 0 Å². The van der Waals surface area contributed by atoms with E-state index in [1.54, 1.807) is 0 Å². The van der Waals surface area contributed by atoms with Gasteiger partial charge in [0.1, 0.15) is 0 Å². The Morgan fingerprint density at radius 3 is 2.50 bits per heavy atom. The van der Waals surface area contributed by atoms with Gasteiger partial charge >= 0.3 is 5.97 Å². The monoisotopic (exact) mass is 229 g/mol. The van der Waals surface area contributed by atoms with Crippen molar-refractivity contribution in [1.82, 2.24) is 5.32 Å². The van der Waals surface area contributed by atoms with Crippen LogP contribution in [0.15, 0.2) is 0 Å². The van der Waals surface area contributed by atoms with Gasteiger partial charge in [0.25, 0.3) is 0 Å². The number of hydrogen-bond donors (Lipinski definition) is 2. The Morgan fingerprint density at radius 2 is 2.00 bits per heavy atom. The number of carbonyl (C=O) groups is 2. The quantitative estimate of drug-likeness (QED) is 0.735. The first kappa shape index (κ1) is 13.0. The second kappa shape index (κ2) is 5.84. The molecule has 1 aliphatic rings. The number of ether oxygens (including phenoxy) is 1. The Morgan fingerprint density at radius 1 is 1.38 bits per heavy atom. The Hall–Kier alpha value is -1.10. The zero-order valence-electron chi connectivity index (χ0n) is 9.62. The fraction of sp³-hybridized carbons (Fsp3) is 0.818. The Bertz CT molecular complexity index is 259. The maximum absolute atomic E-state index is 11.6. The largest absolute Gasteiger partial charge is 0.481 e. The molecule has 0 atom stereocenters. The molecule has 1 aliphatic heterocycles. The van der Waals surface area contributed by atoms with Crippen molar-refractivity contribution in [2.45, 2.75) is 44.6 Å². The van der Waals surface area contributed by atoms with Gasteiger partial charge in [0.15, 0.2) is 0 Å². The Labute approximate surface area is 95.2 Å². The van der Waals surface area contributed by atoms with Gasteiger partial charge in [-0.3, -0.25) is 9.59 Å². The van der Waals surface area contributed by atoms with Crippen LogP contribution in [0.3, 0.4) is 0 Å². The smallest absolute Gasteiger partial charge is 0.305 e. The second-order valence-electron chi connectivity index (χ2n) is 4.26. The van der Waals surface area contributed by atoms with Crippen molar-refractivity contribution in [3.05, 3.63) is 0 Å². The van der Waals surface area contributed by atoms with Crippen LogP contribution in [-0.2, 0) is 14.3 Å². The third-order valence-electron chi connectivity index (χ3n) is 2.82. The predicted molar refractivity (Wildman–Crippen MR) is 58.1 cm³/mol. The topological polar surface area (TPSA) is 75.6 Å². The van der Waals surface area contributed by atoms with Crippen molar-refractivity contribution in [2.24, 2.45) is 0 Å². The van der Waals surface area contributed by atoms with Crippen molar-refractivity contribution < 1.29 is 19.4 Å². The van der Waals surface area contributed by atoms with E-state index in [0.717, 1.165) is 6.42 Å². The average molecular weight is 229 g/mol. The number of amides is 1. The molecule has 0 radical (unpaired) electrons. The van der Waals surface area contributed by atoms with Gasteiger partial charge in [0.2, 0.25) is 5.91 Å². The maximum atomic E-state index is 11.6. The normalized spacial score (nSPS) is 19.1. The molecule has 0 aromatic rings. The van der Waals surface area contributed by atoms with Gasteiger partial charge in [-0.15, -0.1) is 0 Å². The first-order chi connectivity index (χ1) is 7.58. The molecule has 1 rings (SSSR count). The molecule has 5 heteroatoms. The highest BCUT2D eigenvalue weighted by Crippen LogP contribution is 2.24. The first-order valence-corrected chi connectivity index (χ1v) is 5.68. The van der Waals surface area contributed by atoms with Crippen LogP contribution in [0.25, 0.3) is 0 Å². The molecule has 0 bridgehead atoms. The van der Waals surface area contributed by atoms with E-state index in [1.807, 2.05) is 6.92 Å². The highest BCUT2D eigenvalue weighted by atomic mass is 16.5. The number of hydrogen-bond acceptors (Lipinski definition) is 3. The molecule has 0 aliphatic carbocycles. The summed E-state index contributed by atoms with van der Waals surface area (Å²) in [5.74, 6) is -0.940. The summed E-state index contributed by atoms with van der Waals surface area (Å²) in [6.07, 6.45) is 2.35. The molecule has 5 nitrogen and oxygen atoms in total. The van der Waals surface area contributed by atoms with Crippen molar-refractivity contribution >= 4 is 11.9 Å². The SMILES string of the molecule is CCCC(=O)NC1(CC(=O)O)CCOCC1. The van der Waals surface area contributed by atoms with Crippen molar-refractivity contribution in [3.63, 3.8) is 0 Å². The Balaban J connectivity index is 2.62. The highest BCUT2D eigenvalue weighted by molar-refractivity contribution is 5.78. The second-order valence-corrected chi connectivity index (χ2v) is 4.26. The molecule has 0 saturated carbocycles. The lowest BCUT2D eigenvalue weighted by Crippen LogP contribution is -2.53. The van der Waals surface area contributed by atoms with Gasteiger partial charge in [-0.1, -0.05) is 6.92 Å². The third-order valence-corrected chi connectivity index (χ3v) is 2.82. The van der Waals surface area contributed by atoms with Crippen LogP contribution in [-0.4, -0.2) is 35.7 Å². The molecule has 0 unspecified atom stereocenters. The van der Waals surface area contributed by atoms with E-state index in [9.17, 15) is 9.59 Å². The van der Waals surface area contributed by atoms with Crippen LogP contribution in [0, 0.1) is 0 Å². The predicted octanol–water partition coefficient (Wildman–Crippen LogP) is 0.927. The summed E-state index contributed by atoms with van der Waals surface area (Å²) in [6.45, 7) is 2.95. The molecule has 1 fully saturated rings. The average Bonchev–Trinajstić information content (AvgIpc) is 2.17. The van der Waals surface area contributed by atoms with Crippen LogP contribution in [0.1, 0.15) is 39.0 Å². The molecule has 1 heterocycles. The molecule has 16 heavy (non-hydrogen) atoms. The third kappa shape index (κ3) is 3.81. The molecule has 2 N–H and O–H groups in total. The van der Waals surface area contributed by atoms with E-state index < -0.39 is 11.5 Å². The van der Waals surface area contributed by atoms with Gasteiger partial charge in [-0.05, 0) is 19.3 Å². The van der Waals surface area contributed by atoms with Crippen molar-refractivity contribution in [2.75, 3.05) is 13.2 Å².